The van der Waals surface area contributed by atoms with Gasteiger partial charge < -0.3 is 30.1 Å². The minimum Gasteiger partial charge on any atom is -0.506 e. The van der Waals surface area contributed by atoms with E-state index in [-0.39, 0.29) is 45.5 Å². The summed E-state index contributed by atoms with van der Waals surface area (Å²) in [6.45, 7) is 0. The molecule has 0 fully saturated rings. The maximum Gasteiger partial charge on any atom is 0.411 e. The summed E-state index contributed by atoms with van der Waals surface area (Å²) in [4.78, 5) is 62.3. The van der Waals surface area contributed by atoms with Crippen LogP contribution in [0.3, 0.4) is 0 Å². The highest BCUT2D eigenvalue weighted by atomic mass is 19.4. The van der Waals surface area contributed by atoms with E-state index < -0.39 is 87.5 Å². The first-order valence-electron chi connectivity index (χ1n) is 14.1. The van der Waals surface area contributed by atoms with Crippen molar-refractivity contribution in [3.8, 4) is 11.5 Å². The Balaban J connectivity index is 1.44. The maximum absolute atomic E-state index is 15.0. The molecular formula is C33H17F6N2O10+. The Morgan fingerprint density at radius 2 is 1.08 bits per heavy atom. The van der Waals surface area contributed by atoms with E-state index in [2.05, 4.69) is 14.5 Å². The molecule has 0 saturated heterocycles. The molecule has 51 heavy (non-hydrogen) atoms. The molecule has 12 nitrogen and oxygen atoms in total. The lowest BCUT2D eigenvalue weighted by Crippen LogP contribution is -2.67. The number of rotatable bonds is 6. The summed E-state index contributed by atoms with van der Waals surface area (Å²) in [5.41, 5.74) is -11.4. The van der Waals surface area contributed by atoms with Gasteiger partial charge in [0.05, 0.1) is 33.5 Å². The third-order valence-corrected chi connectivity index (χ3v) is 8.04. The highest BCUT2D eigenvalue weighted by molar-refractivity contribution is 6.17. The van der Waals surface area contributed by atoms with Gasteiger partial charge in [0.2, 0.25) is 11.1 Å². The minimum absolute atomic E-state index is 0.167. The molecule has 0 aliphatic carbocycles. The number of carbonyl (C=O) groups excluding carboxylic acids is 5. The van der Waals surface area contributed by atoms with Crippen LogP contribution in [0.4, 0.5) is 37.7 Å². The van der Waals surface area contributed by atoms with E-state index in [1.54, 1.807) is 0 Å². The summed E-state index contributed by atoms with van der Waals surface area (Å²) in [6, 6.07) is 8.17. The predicted octanol–water partition coefficient (Wildman–Crippen LogP) is 4.10. The first kappa shape index (κ1) is 34.2. The molecule has 5 N–H and O–H groups in total. The summed E-state index contributed by atoms with van der Waals surface area (Å²) in [5.74, 6) is -8.19. The number of aliphatic hydroxyl groups excluding tert-OH is 1. The number of fused-ring (bicyclic) bond motifs is 2. The Morgan fingerprint density at radius 1 is 0.608 bits per heavy atom. The molecule has 0 radical (unpaired) electrons. The second kappa shape index (κ2) is 11.7. The lowest BCUT2D eigenvalue weighted by atomic mass is 9.72. The summed E-state index contributed by atoms with van der Waals surface area (Å²) in [7, 11) is 0. The van der Waals surface area contributed by atoms with Gasteiger partial charge in [-0.3, -0.25) is 4.79 Å². The number of nitrogens with one attached hydrogen (secondary N) is 2. The molecule has 0 unspecified atom stereocenters. The zero-order valence-electron chi connectivity index (χ0n) is 24.9. The molecule has 4 aromatic rings. The Kier molecular flexibility index (Phi) is 7.84. The second-order valence-corrected chi connectivity index (χ2v) is 11.0. The van der Waals surface area contributed by atoms with E-state index >= 15 is 26.3 Å². The number of halogens is 6. The van der Waals surface area contributed by atoms with Crippen LogP contribution in [0.15, 0.2) is 72.8 Å². The quantitative estimate of drug-likeness (QED) is 0.0485. The van der Waals surface area contributed by atoms with Crippen molar-refractivity contribution in [2.75, 3.05) is 5.32 Å². The lowest BCUT2D eigenvalue weighted by Gasteiger charge is -2.38. The van der Waals surface area contributed by atoms with E-state index in [0.29, 0.717) is 24.3 Å². The summed E-state index contributed by atoms with van der Waals surface area (Å²) in [6.07, 6.45) is -12.4. The fourth-order valence-electron chi connectivity index (χ4n) is 5.57. The van der Waals surface area contributed by atoms with Crippen molar-refractivity contribution in [3.63, 3.8) is 0 Å². The van der Waals surface area contributed by atoms with E-state index in [1.165, 1.54) is 0 Å². The number of benzene rings is 4. The van der Waals surface area contributed by atoms with E-state index in [0.717, 1.165) is 36.4 Å². The Bertz CT molecular complexity index is 2250. The highest BCUT2D eigenvalue weighted by Gasteiger charge is 2.72. The Morgan fingerprint density at radius 3 is 1.63 bits per heavy atom. The number of phenolic OH excluding ortho intramolecular Hbond substituents is 2. The minimum atomic E-state index is -6.19. The van der Waals surface area contributed by atoms with E-state index in [1.807, 2.05) is 5.32 Å². The van der Waals surface area contributed by atoms with Crippen molar-refractivity contribution < 1.29 is 80.1 Å². The van der Waals surface area contributed by atoms with Gasteiger partial charge in [-0.2, -0.15) is 31.3 Å². The van der Waals surface area contributed by atoms with Crippen LogP contribution in [0.1, 0.15) is 68.5 Å². The lowest BCUT2D eigenvalue weighted by molar-refractivity contribution is -0.365. The maximum atomic E-state index is 15.0. The average Bonchev–Trinajstić information content (AvgIpc) is 3.50. The molecule has 0 saturated carbocycles. The van der Waals surface area contributed by atoms with Gasteiger partial charge >= 0.3 is 42.1 Å². The molecule has 260 valence electrons. The summed E-state index contributed by atoms with van der Waals surface area (Å²) >= 11 is 0. The third-order valence-electron chi connectivity index (χ3n) is 8.04. The fraction of sp³-hybridized carbons (Fsp3) is 0.0909. The van der Waals surface area contributed by atoms with Crippen LogP contribution < -0.4 is 10.3 Å². The molecule has 0 aromatic heterocycles. The van der Waals surface area contributed by atoms with Crippen LogP contribution in [0.25, 0.3) is 0 Å². The van der Waals surface area contributed by atoms with Crippen molar-refractivity contribution in [2.45, 2.75) is 17.8 Å². The van der Waals surface area contributed by atoms with Gasteiger partial charge in [0.25, 0.3) is 5.91 Å². The molecule has 4 aromatic carbocycles. The zero-order valence-corrected chi connectivity index (χ0v) is 24.9. The number of phenols is 2. The van der Waals surface area contributed by atoms with Crippen molar-refractivity contribution in [3.05, 3.63) is 117 Å². The molecule has 2 aliphatic heterocycles. The van der Waals surface area contributed by atoms with E-state index in [9.17, 15) is 39.3 Å². The molecule has 1 amide bonds. The number of carbonyl (C=O) groups is 5. The van der Waals surface area contributed by atoms with Crippen LogP contribution in [-0.2, 0) is 14.9 Å². The van der Waals surface area contributed by atoms with Gasteiger partial charge in [0, 0.05) is 11.6 Å². The van der Waals surface area contributed by atoms with Gasteiger partial charge in [-0.15, -0.1) is 0 Å². The molecule has 2 heterocycles. The van der Waals surface area contributed by atoms with Gasteiger partial charge in [0.1, 0.15) is 5.75 Å². The number of alkyl halides is 6. The number of amides is 1. The first-order chi connectivity index (χ1) is 23.8. The fourth-order valence-corrected chi connectivity index (χ4v) is 5.57. The third kappa shape index (κ3) is 5.55. The number of esters is 4. The van der Waals surface area contributed by atoms with Crippen molar-refractivity contribution >= 4 is 47.1 Å². The van der Waals surface area contributed by atoms with Gasteiger partial charge in [-0.1, -0.05) is 12.1 Å². The molecule has 18 heteroatoms. The molecule has 2 aliphatic rings. The first-order valence-corrected chi connectivity index (χ1v) is 14.1. The van der Waals surface area contributed by atoms with Gasteiger partial charge in [-0.05, 0) is 65.7 Å². The van der Waals surface area contributed by atoms with Crippen molar-refractivity contribution in [1.29, 1.82) is 0 Å². The monoisotopic (exact) mass is 715 g/mol. The standard InChI is InChI=1S/C33H16F6N2O10/c34-32(35,36)31(33(37,38)39,15-3-7-23(42)21(11-15)40-25(44)13-1-5-17-19(9-13)29(48)50-27(17)46)16-4-8-24(43)22(12-16)41-26(45)14-2-6-18-20(10-14)30(49)51-28(18)47/h1-12,42-43H,(H,40,44)(H,41,45)/p+1. The van der Waals surface area contributed by atoms with Gasteiger partial charge in [0.15, 0.2) is 5.75 Å². The number of aliphatic hydroxyl groups is 1. The Hall–Kier alpha value is -6.72. The summed E-state index contributed by atoms with van der Waals surface area (Å²) in [5, 5.41) is 33.4. The van der Waals surface area contributed by atoms with Crippen LogP contribution in [0, 0.1) is 0 Å². The van der Waals surface area contributed by atoms with Crippen molar-refractivity contribution in [2.24, 2.45) is 0 Å². The number of hydrogen-bond donors (Lipinski definition) is 5. The van der Waals surface area contributed by atoms with Crippen LogP contribution in [-0.4, -0.2) is 63.4 Å². The second-order valence-electron chi connectivity index (χ2n) is 11.0. The SMILES string of the molecule is O=C(Nc1cc(C(c2ccc(O)c([NH+]=C(O)c3ccc4c(c3)C(=O)OC4=O)c2)(C(F)(F)F)C(F)(F)F)ccc1O)c1ccc2c(c1)C(=O)OC2=O. The zero-order chi connectivity index (χ0) is 37.2. The van der Waals surface area contributed by atoms with Crippen molar-refractivity contribution in [1.82, 2.24) is 0 Å². The number of ether oxygens (including phenoxy) is 2. The Labute approximate surface area is 279 Å². The largest absolute Gasteiger partial charge is 0.506 e. The summed E-state index contributed by atoms with van der Waals surface area (Å²) < 4.78 is 98.9. The molecule has 0 atom stereocenters. The number of cyclic esters (lactones) is 4. The van der Waals surface area contributed by atoms with E-state index in [4.69, 9.17) is 0 Å². The molecule has 0 bridgehead atoms. The number of aromatic hydroxyl groups is 2. The molecule has 6 rings (SSSR count). The topological polar surface area (TPSA) is 190 Å². The predicted molar refractivity (Wildman–Crippen MR) is 157 cm³/mol. The van der Waals surface area contributed by atoms with Crippen LogP contribution in [0.5, 0.6) is 11.5 Å². The van der Waals surface area contributed by atoms with Crippen LogP contribution >= 0.6 is 0 Å². The van der Waals surface area contributed by atoms with Gasteiger partial charge in [-0.25, -0.2) is 19.2 Å². The highest BCUT2D eigenvalue weighted by Crippen LogP contribution is 2.57. The number of anilines is 1. The molecule has 0 spiro atoms. The average molecular weight is 715 g/mol. The van der Waals surface area contributed by atoms with Crippen LogP contribution in [0.2, 0.25) is 0 Å². The normalized spacial score (nSPS) is 14.6. The smallest absolute Gasteiger partial charge is 0.411 e. The molecular weight excluding hydrogens is 698 g/mol. The number of hydrogen-bond acceptors (Lipinski definition) is 9.